The predicted molar refractivity (Wildman–Crippen MR) is 127 cm³/mol. The van der Waals surface area contributed by atoms with Gasteiger partial charge < -0.3 is 10.2 Å². The number of amides is 1. The van der Waals surface area contributed by atoms with E-state index in [4.69, 9.17) is 4.99 Å². The normalized spacial score (nSPS) is 24.7. The zero-order valence-electron chi connectivity index (χ0n) is 19.2. The molecule has 1 aliphatic carbocycles. The van der Waals surface area contributed by atoms with E-state index in [0.29, 0.717) is 25.6 Å². The first-order chi connectivity index (χ1) is 15.5. The fraction of sp³-hybridized carbons (Fsp3) is 0.560. The minimum absolute atomic E-state index is 0.193. The molecule has 1 aromatic heterocycles. The number of likely N-dealkylation sites (tertiary alicyclic amines) is 1. The van der Waals surface area contributed by atoms with Gasteiger partial charge in [-0.2, -0.15) is 5.10 Å². The van der Waals surface area contributed by atoms with Crippen LogP contribution in [0.3, 0.4) is 0 Å². The number of carbonyl (C=O) groups excluding carboxylic acids is 1. The van der Waals surface area contributed by atoms with Gasteiger partial charge in [-0.25, -0.2) is 0 Å². The van der Waals surface area contributed by atoms with Gasteiger partial charge in [0.05, 0.1) is 17.3 Å². The monoisotopic (exact) mass is 434 g/mol. The number of nitrogens with zero attached hydrogens (tertiary/aromatic N) is 4. The molecule has 2 aliphatic heterocycles. The van der Waals surface area contributed by atoms with Crippen LogP contribution in [0.5, 0.6) is 0 Å². The largest absolute Gasteiger partial charge is 0.342 e. The maximum atomic E-state index is 13.1. The summed E-state index contributed by atoms with van der Waals surface area (Å²) in [6, 6.07) is 10.9. The molecule has 1 saturated carbocycles. The van der Waals surface area contributed by atoms with Crippen LogP contribution >= 0.6 is 0 Å². The van der Waals surface area contributed by atoms with E-state index >= 15 is 0 Å². The van der Waals surface area contributed by atoms with Crippen molar-refractivity contribution in [3.05, 3.63) is 47.3 Å². The first-order valence-corrected chi connectivity index (χ1v) is 12.0. The number of aryl methyl sites for hydroxylation is 3. The highest BCUT2D eigenvalue weighted by Gasteiger charge is 2.45. The van der Waals surface area contributed by atoms with Crippen LogP contribution in [0.25, 0.3) is 0 Å². The van der Waals surface area contributed by atoms with Crippen molar-refractivity contribution in [2.24, 2.45) is 4.99 Å². The molecule has 2 fully saturated rings. The number of rotatable bonds is 4. The predicted octanol–water partition coefficient (Wildman–Crippen LogP) is 3.42. The van der Waals surface area contributed by atoms with Crippen molar-refractivity contribution < 1.29 is 4.79 Å². The Morgan fingerprint density at radius 2 is 2.06 bits per heavy atom. The molecule has 1 saturated heterocycles. The van der Waals surface area contributed by atoms with Gasteiger partial charge in [0.1, 0.15) is 5.84 Å². The van der Waals surface area contributed by atoms with Crippen LogP contribution in [0.4, 0.5) is 5.69 Å². The maximum Gasteiger partial charge on any atom is 0.224 e. The second kappa shape index (κ2) is 8.70. The average Bonchev–Trinajstić information content (AvgIpc) is 3.49. The lowest BCUT2D eigenvalue weighted by Crippen LogP contribution is -2.55. The number of anilines is 1. The average molecular weight is 435 g/mol. The Hall–Kier alpha value is -2.67. The molecule has 3 heterocycles. The van der Waals surface area contributed by atoms with Crippen molar-refractivity contribution >= 4 is 17.4 Å². The van der Waals surface area contributed by atoms with E-state index in [-0.39, 0.29) is 11.4 Å². The fourth-order valence-electron chi connectivity index (χ4n) is 5.38. The van der Waals surface area contributed by atoms with E-state index in [1.807, 2.05) is 23.4 Å². The molecule has 3 aliphatic rings. The standard InChI is InChI=1S/C25H34N6O/c1-18-15-19(2)31(29-18)13-11-23(32)30-14-12-25(17-30)24(27-21-8-4-5-9-21)28-22-10-6-3-7-20(22)16-26-25/h3,6-7,10,15,21,26H,4-5,8-9,11-14,16-17H2,1-2H3,(H,27,28)/t25-/m1/s1. The number of aliphatic imine (C=N–C) groups is 1. The smallest absolute Gasteiger partial charge is 0.224 e. The Morgan fingerprint density at radius 3 is 2.84 bits per heavy atom. The quantitative estimate of drug-likeness (QED) is 0.773. The van der Waals surface area contributed by atoms with Crippen molar-refractivity contribution in [3.8, 4) is 0 Å². The van der Waals surface area contributed by atoms with Crippen molar-refractivity contribution in [2.45, 2.75) is 77.0 Å². The van der Waals surface area contributed by atoms with Gasteiger partial charge in [-0.3, -0.25) is 19.8 Å². The summed E-state index contributed by atoms with van der Waals surface area (Å²) in [5, 5.41) is 12.0. The molecule has 2 N–H and O–H groups in total. The van der Waals surface area contributed by atoms with Crippen LogP contribution in [0, 0.1) is 13.8 Å². The van der Waals surface area contributed by atoms with E-state index in [2.05, 4.69) is 46.1 Å². The van der Waals surface area contributed by atoms with Gasteiger partial charge in [0.15, 0.2) is 0 Å². The molecule has 170 valence electrons. The summed E-state index contributed by atoms with van der Waals surface area (Å²) < 4.78 is 1.94. The van der Waals surface area contributed by atoms with E-state index < -0.39 is 0 Å². The Kier molecular flexibility index (Phi) is 5.76. The van der Waals surface area contributed by atoms with Gasteiger partial charge in [0.2, 0.25) is 5.91 Å². The van der Waals surface area contributed by atoms with E-state index in [9.17, 15) is 4.79 Å². The van der Waals surface area contributed by atoms with Gasteiger partial charge in [-0.05, 0) is 50.8 Å². The zero-order valence-corrected chi connectivity index (χ0v) is 19.2. The summed E-state index contributed by atoms with van der Waals surface area (Å²) in [4.78, 5) is 20.4. The SMILES string of the molecule is Cc1cc(C)n(CCC(=O)N2CC[C@]3(C2)NCc2ccccc2NC3=NC2CCCC2)n1. The van der Waals surface area contributed by atoms with Crippen LogP contribution < -0.4 is 10.6 Å². The lowest BCUT2D eigenvalue weighted by molar-refractivity contribution is -0.130. The maximum absolute atomic E-state index is 13.1. The van der Waals surface area contributed by atoms with E-state index in [1.165, 1.54) is 18.4 Å². The van der Waals surface area contributed by atoms with Gasteiger partial charge in [0, 0.05) is 44.0 Å². The van der Waals surface area contributed by atoms with Crippen molar-refractivity contribution in [1.82, 2.24) is 20.0 Å². The number of para-hydroxylation sites is 1. The van der Waals surface area contributed by atoms with Crippen molar-refractivity contribution in [1.29, 1.82) is 0 Å². The summed E-state index contributed by atoms with van der Waals surface area (Å²) in [6.07, 6.45) is 6.19. The number of amidine groups is 1. The Labute approximate surface area is 190 Å². The highest BCUT2D eigenvalue weighted by Crippen LogP contribution is 2.31. The number of carbonyl (C=O) groups is 1. The zero-order chi connectivity index (χ0) is 22.1. The summed E-state index contributed by atoms with van der Waals surface area (Å²) in [6.45, 7) is 6.85. The van der Waals surface area contributed by atoms with Gasteiger partial charge >= 0.3 is 0 Å². The number of nitrogens with one attached hydrogen (secondary N) is 2. The molecule has 2 aromatic rings. The van der Waals surface area contributed by atoms with Gasteiger partial charge in [0.25, 0.3) is 0 Å². The van der Waals surface area contributed by atoms with Crippen LogP contribution in [0.1, 0.15) is 55.5 Å². The summed E-state index contributed by atoms with van der Waals surface area (Å²) >= 11 is 0. The molecule has 5 rings (SSSR count). The first-order valence-electron chi connectivity index (χ1n) is 12.0. The first kappa shape index (κ1) is 21.2. The molecule has 1 spiro atoms. The minimum Gasteiger partial charge on any atom is -0.342 e. The van der Waals surface area contributed by atoms with Crippen LogP contribution in [0.15, 0.2) is 35.3 Å². The number of benzene rings is 1. The van der Waals surface area contributed by atoms with E-state index in [0.717, 1.165) is 55.3 Å². The summed E-state index contributed by atoms with van der Waals surface area (Å²) in [7, 11) is 0. The van der Waals surface area contributed by atoms with Crippen LogP contribution in [0.2, 0.25) is 0 Å². The number of hydrogen-bond acceptors (Lipinski definition) is 4. The molecular weight excluding hydrogens is 400 g/mol. The Bertz CT molecular complexity index is 1020. The molecule has 32 heavy (non-hydrogen) atoms. The number of hydrogen-bond donors (Lipinski definition) is 2. The van der Waals surface area contributed by atoms with E-state index in [1.54, 1.807) is 0 Å². The summed E-state index contributed by atoms with van der Waals surface area (Å²) in [5.41, 5.74) is 4.17. The molecule has 7 heteroatoms. The Balaban J connectivity index is 1.34. The van der Waals surface area contributed by atoms with Crippen molar-refractivity contribution in [3.63, 3.8) is 0 Å². The molecule has 0 unspecified atom stereocenters. The molecule has 0 radical (unpaired) electrons. The Morgan fingerprint density at radius 1 is 1.25 bits per heavy atom. The van der Waals surface area contributed by atoms with Crippen molar-refractivity contribution in [2.75, 3.05) is 18.4 Å². The lowest BCUT2D eigenvalue weighted by Gasteiger charge is -2.31. The lowest BCUT2D eigenvalue weighted by atomic mass is 9.96. The topological polar surface area (TPSA) is 74.6 Å². The molecule has 1 amide bonds. The molecular formula is C25H34N6O. The van der Waals surface area contributed by atoms with Crippen LogP contribution in [-0.2, 0) is 17.9 Å². The van der Waals surface area contributed by atoms with Gasteiger partial charge in [-0.15, -0.1) is 0 Å². The third-order valence-corrected chi connectivity index (χ3v) is 7.24. The molecule has 0 bridgehead atoms. The summed E-state index contributed by atoms with van der Waals surface area (Å²) in [5.74, 6) is 1.21. The van der Waals surface area contributed by atoms with Crippen LogP contribution in [-0.4, -0.2) is 51.1 Å². The highest BCUT2D eigenvalue weighted by atomic mass is 16.2. The highest BCUT2D eigenvalue weighted by molar-refractivity contribution is 6.04. The second-order valence-corrected chi connectivity index (χ2v) is 9.60. The van der Waals surface area contributed by atoms with Gasteiger partial charge in [-0.1, -0.05) is 31.0 Å². The third-order valence-electron chi connectivity index (χ3n) is 7.24. The molecule has 1 aromatic carbocycles. The molecule has 7 nitrogen and oxygen atoms in total. The minimum atomic E-state index is -0.310. The number of aromatic nitrogens is 2. The fourth-order valence-corrected chi connectivity index (χ4v) is 5.38. The number of fused-ring (bicyclic) bond motifs is 1. The molecule has 1 atom stereocenters. The third kappa shape index (κ3) is 4.18. The second-order valence-electron chi connectivity index (χ2n) is 9.60.